The Labute approximate surface area is 199 Å². The van der Waals surface area contributed by atoms with Crippen LogP contribution < -0.4 is 34.3 Å². The third-order valence-electron chi connectivity index (χ3n) is 3.17. The number of hydrogen-bond acceptors (Lipinski definition) is 3. The summed E-state index contributed by atoms with van der Waals surface area (Å²) in [6.07, 6.45) is -40.3. The Hall–Kier alpha value is -1.18. The molecule has 0 aliphatic rings. The normalized spacial score (nSPS) is 16.1. The van der Waals surface area contributed by atoms with E-state index < -0.39 is 54.6 Å². The minimum absolute atomic E-state index is 0. The number of hydrogen-bond donors (Lipinski definition) is 0. The first-order valence-corrected chi connectivity index (χ1v) is 7.41. The number of benzene rings is 1. The van der Waals surface area contributed by atoms with Gasteiger partial charge in [0.2, 0.25) is 0 Å². The minimum Gasteiger partial charge on any atom is -0.453 e. The molecular formula is C14H5F16NaO3. The molecule has 0 spiro atoms. The molecule has 0 aromatic heterocycles. The molecule has 1 rings (SSSR count). The van der Waals surface area contributed by atoms with Crippen LogP contribution in [0.4, 0.5) is 70.2 Å². The van der Waals surface area contributed by atoms with Gasteiger partial charge in [0, 0.05) is 0 Å². The maximum absolute atomic E-state index is 13.8. The second-order valence-electron chi connectivity index (χ2n) is 5.61. The fourth-order valence-electron chi connectivity index (χ4n) is 1.60. The van der Waals surface area contributed by atoms with Crippen LogP contribution in [0.5, 0.6) is 5.75 Å². The molecule has 0 bridgehead atoms. The standard InChI is InChI=1S/C14H5F16O3.Na/c15-7(8(16,17)31-6-4-2-1-3-5-6)32-14(29,30)10(20,12(24,25)26)33-13(27,28)9(18,19)11(21,22)23;/h1-5H;/q-1;+1. The summed E-state index contributed by atoms with van der Waals surface area (Å²) in [5.41, 5.74) is 0. The molecule has 0 fully saturated rings. The first-order valence-electron chi connectivity index (χ1n) is 7.41. The van der Waals surface area contributed by atoms with E-state index in [0.29, 0.717) is 12.1 Å². The fourth-order valence-corrected chi connectivity index (χ4v) is 1.60. The van der Waals surface area contributed by atoms with Crippen molar-refractivity contribution in [3.63, 3.8) is 0 Å². The fraction of sp³-hybridized carbons (Fsp3) is 0.500. The molecule has 0 saturated carbocycles. The van der Waals surface area contributed by atoms with Crippen LogP contribution in [0.3, 0.4) is 0 Å². The van der Waals surface area contributed by atoms with Gasteiger partial charge >= 0.3 is 72.0 Å². The van der Waals surface area contributed by atoms with Crippen LogP contribution in [0.2, 0.25) is 0 Å². The van der Waals surface area contributed by atoms with Gasteiger partial charge in [-0.15, -0.1) is 0 Å². The zero-order valence-corrected chi connectivity index (χ0v) is 17.7. The van der Waals surface area contributed by atoms with Crippen LogP contribution in [0.1, 0.15) is 0 Å². The van der Waals surface area contributed by atoms with E-state index in [9.17, 15) is 70.2 Å². The second kappa shape index (κ2) is 10.1. The van der Waals surface area contributed by atoms with Gasteiger partial charge < -0.3 is 13.9 Å². The third kappa shape index (κ3) is 6.52. The molecule has 0 aliphatic carbocycles. The van der Waals surface area contributed by atoms with Crippen LogP contribution in [0, 0.1) is 6.36 Å². The molecular weight excluding hydrogens is 543 g/mol. The van der Waals surface area contributed by atoms with Crippen LogP contribution in [-0.4, -0.2) is 42.5 Å². The molecule has 3 nitrogen and oxygen atoms in total. The van der Waals surface area contributed by atoms with Gasteiger partial charge in [-0.25, -0.2) is 0 Å². The van der Waals surface area contributed by atoms with Crippen molar-refractivity contribution in [1.82, 2.24) is 0 Å². The minimum atomic E-state index is -7.75. The van der Waals surface area contributed by atoms with E-state index in [0.717, 1.165) is 18.2 Å². The van der Waals surface area contributed by atoms with Crippen molar-refractivity contribution < 1.29 is 114 Å². The first kappa shape index (κ1) is 32.8. The van der Waals surface area contributed by atoms with E-state index in [1.54, 1.807) is 0 Å². The molecule has 1 aromatic carbocycles. The smallest absolute Gasteiger partial charge is 0.453 e. The van der Waals surface area contributed by atoms with Crippen molar-refractivity contribution in [3.05, 3.63) is 36.7 Å². The molecule has 1 unspecified atom stereocenters. The maximum atomic E-state index is 13.8. The summed E-state index contributed by atoms with van der Waals surface area (Å²) in [5, 5.41) is 0. The average Bonchev–Trinajstić information content (AvgIpc) is 2.59. The quantitative estimate of drug-likeness (QED) is 0.268. The van der Waals surface area contributed by atoms with Crippen molar-refractivity contribution in [1.29, 1.82) is 0 Å². The van der Waals surface area contributed by atoms with Crippen molar-refractivity contribution >= 4 is 0 Å². The SMILES string of the molecule is F[C-](OC(F)(F)C(F)(OC(F)(F)C(F)(F)C(F)(F)F)C(F)(F)F)C(F)(F)Oc1ccccc1.[Na+]. The average molecular weight is 548 g/mol. The Bertz CT molecular complexity index is 796. The van der Waals surface area contributed by atoms with Crippen LogP contribution in [-0.2, 0) is 9.47 Å². The first-order chi connectivity index (χ1) is 14.4. The Morgan fingerprint density at radius 1 is 0.618 bits per heavy atom. The van der Waals surface area contributed by atoms with Crippen molar-refractivity contribution in [2.24, 2.45) is 0 Å². The predicted octanol–water partition coefficient (Wildman–Crippen LogP) is 3.77. The number of rotatable bonds is 9. The van der Waals surface area contributed by atoms with Gasteiger partial charge in [0.05, 0.1) is 6.36 Å². The zero-order chi connectivity index (χ0) is 26.3. The summed E-state index contributed by atoms with van der Waals surface area (Å²) in [5.74, 6) is -16.5. The summed E-state index contributed by atoms with van der Waals surface area (Å²) >= 11 is 0. The maximum Gasteiger partial charge on any atom is 1.00 e. The van der Waals surface area contributed by atoms with Gasteiger partial charge in [0.25, 0.3) is 0 Å². The molecule has 0 amide bonds. The summed E-state index contributed by atoms with van der Waals surface area (Å²) in [6.45, 7) is 0. The van der Waals surface area contributed by atoms with E-state index in [-0.39, 0.29) is 29.6 Å². The third-order valence-corrected chi connectivity index (χ3v) is 3.17. The molecule has 1 atom stereocenters. The second-order valence-corrected chi connectivity index (χ2v) is 5.61. The van der Waals surface area contributed by atoms with Gasteiger partial charge in [-0.05, 0) is 12.1 Å². The van der Waals surface area contributed by atoms with Crippen LogP contribution in [0.15, 0.2) is 30.3 Å². The predicted molar refractivity (Wildman–Crippen MR) is 69.3 cm³/mol. The van der Waals surface area contributed by atoms with E-state index in [2.05, 4.69) is 9.47 Å². The monoisotopic (exact) mass is 548 g/mol. The van der Waals surface area contributed by atoms with Crippen molar-refractivity contribution in [3.8, 4) is 5.75 Å². The van der Waals surface area contributed by atoms with Crippen molar-refractivity contribution in [2.45, 2.75) is 42.5 Å². The summed E-state index contributed by atoms with van der Waals surface area (Å²) in [7, 11) is 0. The molecule has 20 heteroatoms. The van der Waals surface area contributed by atoms with Crippen molar-refractivity contribution in [2.75, 3.05) is 0 Å². The Morgan fingerprint density at radius 2 is 1.06 bits per heavy atom. The molecule has 0 heterocycles. The Morgan fingerprint density at radius 3 is 1.44 bits per heavy atom. The van der Waals surface area contributed by atoms with E-state index in [1.807, 2.05) is 0 Å². The molecule has 0 N–H and O–H groups in total. The number of halogens is 16. The molecule has 192 valence electrons. The molecule has 0 saturated heterocycles. The molecule has 0 aliphatic heterocycles. The number of alkyl halides is 15. The largest absolute Gasteiger partial charge is 1.00 e. The molecule has 34 heavy (non-hydrogen) atoms. The summed E-state index contributed by atoms with van der Waals surface area (Å²) in [4.78, 5) is 0. The Kier molecular flexibility index (Phi) is 9.71. The summed E-state index contributed by atoms with van der Waals surface area (Å²) in [6, 6.07) is 4.18. The van der Waals surface area contributed by atoms with Gasteiger partial charge in [0.15, 0.2) is 0 Å². The zero-order valence-electron chi connectivity index (χ0n) is 15.7. The van der Waals surface area contributed by atoms with E-state index in [1.165, 1.54) is 4.74 Å². The molecule has 0 radical (unpaired) electrons. The van der Waals surface area contributed by atoms with Gasteiger partial charge in [-0.2, -0.15) is 65.9 Å². The number of para-hydroxylation sites is 1. The Balaban J connectivity index is 0.0000109. The van der Waals surface area contributed by atoms with Gasteiger partial charge in [-0.3, -0.25) is 4.74 Å². The number of ether oxygens (including phenoxy) is 3. The van der Waals surface area contributed by atoms with E-state index in [4.69, 9.17) is 0 Å². The van der Waals surface area contributed by atoms with Crippen LogP contribution in [0.25, 0.3) is 0 Å². The van der Waals surface area contributed by atoms with Gasteiger partial charge in [0.1, 0.15) is 5.75 Å². The topological polar surface area (TPSA) is 27.7 Å². The molecule has 1 aromatic rings. The van der Waals surface area contributed by atoms with E-state index >= 15 is 0 Å². The van der Waals surface area contributed by atoms with Gasteiger partial charge in [-0.1, -0.05) is 18.2 Å². The summed E-state index contributed by atoms with van der Waals surface area (Å²) < 4.78 is 213. The van der Waals surface area contributed by atoms with Crippen LogP contribution >= 0.6 is 0 Å².